The molecule has 10 heteroatoms. The van der Waals surface area contributed by atoms with Crippen LogP contribution in [-0.4, -0.2) is 34.7 Å². The van der Waals surface area contributed by atoms with Crippen molar-refractivity contribution in [1.29, 1.82) is 0 Å². The molecule has 0 saturated heterocycles. The van der Waals surface area contributed by atoms with Crippen LogP contribution in [0.5, 0.6) is 11.6 Å². The number of hydrogen-bond acceptors (Lipinski definition) is 7. The molecule has 7 nitrogen and oxygen atoms in total. The van der Waals surface area contributed by atoms with Gasteiger partial charge in [0.15, 0.2) is 15.7 Å². The zero-order valence-corrected chi connectivity index (χ0v) is 20.2. The number of ether oxygens (including phenoxy) is 1. The summed E-state index contributed by atoms with van der Waals surface area (Å²) in [6.45, 7) is 4.41. The van der Waals surface area contributed by atoms with Gasteiger partial charge in [0.1, 0.15) is 33.4 Å². The van der Waals surface area contributed by atoms with Crippen molar-refractivity contribution in [2.75, 3.05) is 5.75 Å². The van der Waals surface area contributed by atoms with E-state index in [1.54, 1.807) is 24.3 Å². The molecule has 35 heavy (non-hydrogen) atoms. The number of rotatable bonds is 5. The molecule has 2 heterocycles. The average Bonchev–Trinajstić information content (AvgIpc) is 2.80. The van der Waals surface area contributed by atoms with Crippen LogP contribution in [0.2, 0.25) is 0 Å². The van der Waals surface area contributed by atoms with Gasteiger partial charge < -0.3 is 10.5 Å². The number of amidine groups is 1. The molecule has 2 N–H and O–H groups in total. The molecule has 0 spiro atoms. The molecule has 1 unspecified atom stereocenters. The van der Waals surface area contributed by atoms with Gasteiger partial charge in [0.05, 0.1) is 18.1 Å². The SMILES string of the molecule is CC1(c2cc(C=C(F)c3cnc(Oc4ccccc4)cn3)ccc2F)CS(=O)(=O)C(C)(C)C(N)=N1. The fourth-order valence-electron chi connectivity index (χ4n) is 3.65. The van der Waals surface area contributed by atoms with E-state index in [2.05, 4.69) is 15.0 Å². The molecule has 4 rings (SSSR count). The van der Waals surface area contributed by atoms with Gasteiger partial charge in [-0.1, -0.05) is 24.3 Å². The molecule has 0 fully saturated rings. The average molecular weight is 499 g/mol. The predicted molar refractivity (Wildman–Crippen MR) is 131 cm³/mol. The molecule has 1 aliphatic rings. The summed E-state index contributed by atoms with van der Waals surface area (Å²) < 4.78 is 59.6. The smallest absolute Gasteiger partial charge is 0.237 e. The number of aliphatic imine (C=N–C) groups is 1. The number of sulfone groups is 1. The Morgan fingerprint density at radius 3 is 2.43 bits per heavy atom. The minimum atomic E-state index is -3.73. The van der Waals surface area contributed by atoms with Crippen molar-refractivity contribution in [3.05, 3.63) is 83.6 Å². The first-order valence-corrected chi connectivity index (χ1v) is 12.4. The topological polar surface area (TPSA) is 108 Å². The van der Waals surface area contributed by atoms with E-state index in [1.807, 2.05) is 6.07 Å². The molecule has 2 aromatic carbocycles. The zero-order valence-electron chi connectivity index (χ0n) is 19.4. The van der Waals surface area contributed by atoms with Crippen molar-refractivity contribution in [2.45, 2.75) is 31.1 Å². The van der Waals surface area contributed by atoms with Crippen molar-refractivity contribution < 1.29 is 21.9 Å². The van der Waals surface area contributed by atoms with E-state index in [-0.39, 0.29) is 23.0 Å². The molecular formula is C25H24F2N4O3S. The van der Waals surface area contributed by atoms with E-state index < -0.39 is 37.5 Å². The van der Waals surface area contributed by atoms with Gasteiger partial charge in [-0.2, -0.15) is 0 Å². The van der Waals surface area contributed by atoms with Crippen LogP contribution < -0.4 is 10.5 Å². The second kappa shape index (κ2) is 8.84. The minimum absolute atomic E-state index is 0.00114. The molecule has 0 aliphatic carbocycles. The summed E-state index contributed by atoms with van der Waals surface area (Å²) in [7, 11) is -3.73. The van der Waals surface area contributed by atoms with Gasteiger partial charge in [0.25, 0.3) is 0 Å². The lowest BCUT2D eigenvalue weighted by atomic mass is 9.91. The number of nitrogens with two attached hydrogens (primary N) is 1. The van der Waals surface area contributed by atoms with E-state index in [0.29, 0.717) is 11.3 Å². The Labute approximate surface area is 202 Å². The standard InChI is InChI=1S/C25H24F2N4O3S/c1-24(2)23(28)31-25(3,15-35(24,32)33)18-11-16(9-10-19(18)26)12-20(27)21-13-30-22(14-29-21)34-17-7-5-4-6-8-17/h4-14H,15H2,1-3H3,(H2,28,31). The fraction of sp³-hybridized carbons (Fsp3) is 0.240. The number of hydrogen-bond donors (Lipinski definition) is 1. The van der Waals surface area contributed by atoms with Crippen LogP contribution in [0.3, 0.4) is 0 Å². The van der Waals surface area contributed by atoms with Crippen LogP contribution in [0, 0.1) is 5.82 Å². The summed E-state index contributed by atoms with van der Waals surface area (Å²) in [6, 6.07) is 12.8. The Hall–Kier alpha value is -3.66. The van der Waals surface area contributed by atoms with Crippen LogP contribution in [0.25, 0.3) is 11.9 Å². The maximum atomic E-state index is 14.9. The lowest BCUT2D eigenvalue weighted by Crippen LogP contribution is -2.55. The highest BCUT2D eigenvalue weighted by atomic mass is 32.2. The molecule has 0 bridgehead atoms. The summed E-state index contributed by atoms with van der Waals surface area (Å²) in [6.07, 6.45) is 3.66. The van der Waals surface area contributed by atoms with Crippen molar-refractivity contribution >= 4 is 27.6 Å². The molecule has 3 aromatic rings. The van der Waals surface area contributed by atoms with Gasteiger partial charge in [0.2, 0.25) is 5.88 Å². The minimum Gasteiger partial charge on any atom is -0.438 e. The largest absolute Gasteiger partial charge is 0.438 e. The van der Waals surface area contributed by atoms with Gasteiger partial charge in [0, 0.05) is 5.56 Å². The number of aromatic nitrogens is 2. The lowest BCUT2D eigenvalue weighted by Gasteiger charge is -2.38. The first kappa shape index (κ1) is 24.5. The van der Waals surface area contributed by atoms with Crippen LogP contribution in [0.15, 0.2) is 65.9 Å². The van der Waals surface area contributed by atoms with Crippen LogP contribution in [-0.2, 0) is 15.4 Å². The van der Waals surface area contributed by atoms with Crippen molar-refractivity contribution in [2.24, 2.45) is 10.7 Å². The third-order valence-electron chi connectivity index (χ3n) is 5.94. The molecule has 1 aliphatic heterocycles. The second-order valence-electron chi connectivity index (χ2n) is 8.93. The van der Waals surface area contributed by atoms with Gasteiger partial charge in [-0.05, 0) is 56.7 Å². The molecule has 0 saturated carbocycles. The number of para-hydroxylation sites is 1. The second-order valence-corrected chi connectivity index (χ2v) is 11.5. The summed E-state index contributed by atoms with van der Waals surface area (Å²) in [5.41, 5.74) is 4.74. The molecule has 1 atom stereocenters. The Morgan fingerprint density at radius 1 is 1.09 bits per heavy atom. The van der Waals surface area contributed by atoms with Crippen molar-refractivity contribution in [3.63, 3.8) is 0 Å². The summed E-state index contributed by atoms with van der Waals surface area (Å²) in [5, 5.41) is 0. The van der Waals surface area contributed by atoms with E-state index in [9.17, 15) is 17.2 Å². The van der Waals surface area contributed by atoms with Crippen LogP contribution >= 0.6 is 0 Å². The van der Waals surface area contributed by atoms with Gasteiger partial charge in [-0.25, -0.2) is 27.2 Å². The number of benzene rings is 2. The lowest BCUT2D eigenvalue weighted by molar-refractivity contribution is 0.459. The first-order valence-electron chi connectivity index (χ1n) is 10.7. The molecule has 0 radical (unpaired) electrons. The normalized spacial score (nSPS) is 21.3. The highest BCUT2D eigenvalue weighted by Gasteiger charge is 2.49. The van der Waals surface area contributed by atoms with E-state index in [1.165, 1.54) is 45.3 Å². The quantitative estimate of drug-likeness (QED) is 0.549. The van der Waals surface area contributed by atoms with Crippen LogP contribution in [0.1, 0.15) is 37.6 Å². The Morgan fingerprint density at radius 2 is 1.80 bits per heavy atom. The number of halogens is 2. The highest BCUT2D eigenvalue weighted by molar-refractivity contribution is 7.93. The van der Waals surface area contributed by atoms with Crippen LogP contribution in [0.4, 0.5) is 8.78 Å². The van der Waals surface area contributed by atoms with Crippen molar-refractivity contribution in [1.82, 2.24) is 9.97 Å². The monoisotopic (exact) mass is 498 g/mol. The maximum Gasteiger partial charge on any atom is 0.237 e. The van der Waals surface area contributed by atoms with E-state index in [4.69, 9.17) is 10.5 Å². The Bertz CT molecular complexity index is 1420. The van der Waals surface area contributed by atoms with E-state index in [0.717, 1.165) is 12.1 Å². The Kier molecular flexibility index (Phi) is 6.18. The summed E-state index contributed by atoms with van der Waals surface area (Å²) in [5.74, 6) is -1.17. The molecular weight excluding hydrogens is 474 g/mol. The fourth-order valence-corrected chi connectivity index (χ4v) is 5.33. The third-order valence-corrected chi connectivity index (χ3v) is 8.64. The molecule has 182 valence electrons. The maximum absolute atomic E-state index is 14.9. The van der Waals surface area contributed by atoms with Gasteiger partial charge >= 0.3 is 0 Å². The summed E-state index contributed by atoms with van der Waals surface area (Å²) in [4.78, 5) is 12.4. The Balaban J connectivity index is 1.63. The molecule has 0 amide bonds. The molecule has 1 aromatic heterocycles. The van der Waals surface area contributed by atoms with Gasteiger partial charge in [-0.3, -0.25) is 4.99 Å². The summed E-state index contributed by atoms with van der Waals surface area (Å²) >= 11 is 0. The zero-order chi connectivity index (χ0) is 25.4. The van der Waals surface area contributed by atoms with Crippen molar-refractivity contribution in [3.8, 4) is 11.6 Å². The third kappa shape index (κ3) is 4.79. The first-order chi connectivity index (χ1) is 16.4. The highest BCUT2D eigenvalue weighted by Crippen LogP contribution is 2.38. The van der Waals surface area contributed by atoms with E-state index >= 15 is 0 Å². The van der Waals surface area contributed by atoms with Gasteiger partial charge in [-0.15, -0.1) is 0 Å². The number of nitrogens with zero attached hydrogens (tertiary/aromatic N) is 3. The predicted octanol–water partition coefficient (Wildman–Crippen LogP) is 4.66.